The van der Waals surface area contributed by atoms with Crippen molar-refractivity contribution in [2.75, 3.05) is 53.6 Å². The van der Waals surface area contributed by atoms with Crippen LogP contribution in [0.5, 0.6) is 5.75 Å². The first-order valence-corrected chi connectivity index (χ1v) is 10.2. The maximum atomic E-state index is 5.54. The molecule has 0 saturated carbocycles. The summed E-state index contributed by atoms with van der Waals surface area (Å²) in [4.78, 5) is 10.9. The lowest BCUT2D eigenvalue weighted by Gasteiger charge is -2.35. The molecular formula is C21H33IN6O2. The second-order valence-corrected chi connectivity index (χ2v) is 6.97. The first-order chi connectivity index (χ1) is 14.3. The van der Waals surface area contributed by atoms with Crippen LogP contribution in [-0.4, -0.2) is 74.0 Å². The third-order valence-corrected chi connectivity index (χ3v) is 5.12. The molecule has 0 spiro atoms. The van der Waals surface area contributed by atoms with Crippen molar-refractivity contribution in [1.29, 1.82) is 0 Å². The number of halogens is 1. The molecule has 1 unspecified atom stereocenters. The smallest absolute Gasteiger partial charge is 0.191 e. The average Bonchev–Trinajstić information content (AvgIpc) is 3.30. The fourth-order valence-electron chi connectivity index (χ4n) is 3.47. The molecule has 1 saturated heterocycles. The van der Waals surface area contributed by atoms with Gasteiger partial charge in [-0.2, -0.15) is 0 Å². The van der Waals surface area contributed by atoms with Gasteiger partial charge in [0.25, 0.3) is 0 Å². The summed E-state index contributed by atoms with van der Waals surface area (Å²) in [5, 5.41) is 6.90. The van der Waals surface area contributed by atoms with Crippen LogP contribution in [0.2, 0.25) is 0 Å². The van der Waals surface area contributed by atoms with Crippen molar-refractivity contribution in [2.45, 2.75) is 19.0 Å². The summed E-state index contributed by atoms with van der Waals surface area (Å²) in [5.41, 5.74) is 1.26. The summed E-state index contributed by atoms with van der Waals surface area (Å²) < 4.78 is 12.9. The molecule has 1 aliphatic rings. The van der Waals surface area contributed by atoms with Crippen molar-refractivity contribution in [3.8, 4) is 5.75 Å². The molecule has 1 atom stereocenters. The Labute approximate surface area is 196 Å². The molecule has 2 aromatic rings. The predicted molar refractivity (Wildman–Crippen MR) is 130 cm³/mol. The highest BCUT2D eigenvalue weighted by Gasteiger charge is 2.23. The van der Waals surface area contributed by atoms with E-state index in [0.29, 0.717) is 0 Å². The molecule has 166 valence electrons. The van der Waals surface area contributed by atoms with Crippen LogP contribution in [0.25, 0.3) is 0 Å². The van der Waals surface area contributed by atoms with Crippen LogP contribution in [-0.2, 0) is 11.3 Å². The Morgan fingerprint density at radius 1 is 1.23 bits per heavy atom. The zero-order valence-electron chi connectivity index (χ0n) is 17.8. The fourth-order valence-corrected chi connectivity index (χ4v) is 3.47. The number of nitrogens with zero attached hydrogens (tertiary/aromatic N) is 4. The normalized spacial score (nSPS) is 15.9. The van der Waals surface area contributed by atoms with Crippen LogP contribution in [0.15, 0.2) is 48.0 Å². The first kappa shape index (κ1) is 24.4. The minimum Gasteiger partial charge on any atom is -0.497 e. The van der Waals surface area contributed by atoms with Gasteiger partial charge in [0.15, 0.2) is 5.96 Å². The quantitative estimate of drug-likeness (QED) is 0.225. The van der Waals surface area contributed by atoms with Gasteiger partial charge in [-0.3, -0.25) is 9.89 Å². The Kier molecular flexibility index (Phi) is 11.0. The lowest BCUT2D eigenvalue weighted by atomic mass is 10.0. The van der Waals surface area contributed by atoms with Crippen LogP contribution in [0, 0.1) is 0 Å². The Hall–Kier alpha value is -1.85. The topological polar surface area (TPSA) is 75.9 Å². The number of benzene rings is 1. The van der Waals surface area contributed by atoms with Gasteiger partial charge < -0.3 is 24.7 Å². The molecule has 8 nitrogen and oxygen atoms in total. The number of aliphatic imine (C=N–C) groups is 1. The number of methoxy groups -OCH3 is 1. The van der Waals surface area contributed by atoms with Crippen LogP contribution in [0.1, 0.15) is 18.0 Å². The van der Waals surface area contributed by atoms with Crippen molar-refractivity contribution < 1.29 is 9.47 Å². The van der Waals surface area contributed by atoms with Crippen LogP contribution in [0.3, 0.4) is 0 Å². The minimum atomic E-state index is 0. The maximum absolute atomic E-state index is 5.54. The highest BCUT2D eigenvalue weighted by Crippen LogP contribution is 2.23. The number of nitrogens with one attached hydrogen (secondary N) is 2. The summed E-state index contributed by atoms with van der Waals surface area (Å²) in [5.74, 6) is 1.69. The largest absolute Gasteiger partial charge is 0.497 e. The van der Waals surface area contributed by atoms with Crippen molar-refractivity contribution >= 4 is 29.9 Å². The Morgan fingerprint density at radius 3 is 2.63 bits per heavy atom. The molecule has 0 radical (unpaired) electrons. The second-order valence-electron chi connectivity index (χ2n) is 6.97. The van der Waals surface area contributed by atoms with Gasteiger partial charge in [-0.05, 0) is 24.1 Å². The van der Waals surface area contributed by atoms with Crippen molar-refractivity contribution in [3.05, 3.63) is 48.5 Å². The van der Waals surface area contributed by atoms with E-state index in [1.165, 1.54) is 5.56 Å². The lowest BCUT2D eigenvalue weighted by Crippen LogP contribution is -2.46. The minimum absolute atomic E-state index is 0. The van der Waals surface area contributed by atoms with E-state index in [0.717, 1.165) is 64.1 Å². The average molecular weight is 528 g/mol. The number of guanidine groups is 1. The summed E-state index contributed by atoms with van der Waals surface area (Å²) >= 11 is 0. The number of hydrogen-bond acceptors (Lipinski definition) is 5. The predicted octanol–water partition coefficient (Wildman–Crippen LogP) is 2.14. The van der Waals surface area contributed by atoms with Gasteiger partial charge in [0.1, 0.15) is 5.75 Å². The van der Waals surface area contributed by atoms with Gasteiger partial charge in [-0.15, -0.1) is 24.0 Å². The Bertz CT molecular complexity index is 732. The highest BCUT2D eigenvalue weighted by atomic mass is 127. The molecule has 0 bridgehead atoms. The number of imidazole rings is 1. The zero-order chi connectivity index (χ0) is 20.3. The van der Waals surface area contributed by atoms with Gasteiger partial charge in [0.2, 0.25) is 0 Å². The molecule has 2 N–H and O–H groups in total. The molecule has 1 aliphatic heterocycles. The summed E-state index contributed by atoms with van der Waals surface area (Å²) in [6, 6.07) is 8.57. The van der Waals surface area contributed by atoms with E-state index in [1.54, 1.807) is 13.3 Å². The van der Waals surface area contributed by atoms with Gasteiger partial charge >= 0.3 is 0 Å². The monoisotopic (exact) mass is 528 g/mol. The van der Waals surface area contributed by atoms with Crippen molar-refractivity contribution in [1.82, 2.24) is 25.1 Å². The number of aromatic nitrogens is 2. The standard InChI is InChI=1S/C21H32N6O2.HI/c1-22-21(24-8-3-10-26-11-9-23-17-26)25-16-20(27-12-14-29-15-13-27)18-4-6-19(28-2)7-5-18;/h4-7,9,11,17,20H,3,8,10,12-16H2,1-2H3,(H2,22,24,25);1H. The number of rotatable bonds is 9. The van der Waals surface area contributed by atoms with Gasteiger partial charge in [-0.1, -0.05) is 12.1 Å². The third kappa shape index (κ3) is 7.44. The zero-order valence-corrected chi connectivity index (χ0v) is 20.1. The highest BCUT2D eigenvalue weighted by molar-refractivity contribution is 14.0. The Morgan fingerprint density at radius 2 is 2.00 bits per heavy atom. The summed E-state index contributed by atoms with van der Waals surface area (Å²) in [7, 11) is 3.50. The molecule has 3 rings (SSSR count). The van der Waals surface area contributed by atoms with Crippen molar-refractivity contribution in [3.63, 3.8) is 0 Å². The van der Waals surface area contributed by atoms with E-state index >= 15 is 0 Å². The second kappa shape index (κ2) is 13.5. The molecule has 1 aromatic heterocycles. The van der Waals surface area contributed by atoms with Crippen LogP contribution in [0.4, 0.5) is 0 Å². The summed E-state index contributed by atoms with van der Waals surface area (Å²) in [6.45, 7) is 5.95. The van der Waals surface area contributed by atoms with E-state index < -0.39 is 0 Å². The third-order valence-electron chi connectivity index (χ3n) is 5.12. The molecule has 30 heavy (non-hydrogen) atoms. The Balaban J connectivity index is 0.00000320. The van der Waals surface area contributed by atoms with E-state index in [1.807, 2.05) is 31.7 Å². The van der Waals surface area contributed by atoms with Gasteiger partial charge in [0, 0.05) is 52.2 Å². The lowest BCUT2D eigenvalue weighted by molar-refractivity contribution is 0.0170. The van der Waals surface area contributed by atoms with E-state index in [-0.39, 0.29) is 30.0 Å². The van der Waals surface area contributed by atoms with Crippen molar-refractivity contribution in [2.24, 2.45) is 4.99 Å². The van der Waals surface area contributed by atoms with Gasteiger partial charge in [-0.25, -0.2) is 4.98 Å². The molecule has 1 aromatic carbocycles. The van der Waals surface area contributed by atoms with Gasteiger partial charge in [0.05, 0.1) is 32.7 Å². The fraction of sp³-hybridized carbons (Fsp3) is 0.524. The van der Waals surface area contributed by atoms with Crippen LogP contribution >= 0.6 is 24.0 Å². The number of hydrogen-bond donors (Lipinski definition) is 2. The molecule has 0 aliphatic carbocycles. The maximum Gasteiger partial charge on any atom is 0.191 e. The van der Waals surface area contributed by atoms with E-state index in [2.05, 4.69) is 42.2 Å². The molecule has 0 amide bonds. The number of aryl methyl sites for hydroxylation is 1. The summed E-state index contributed by atoms with van der Waals surface area (Å²) in [6.07, 6.45) is 6.63. The number of morpholine rings is 1. The first-order valence-electron chi connectivity index (χ1n) is 10.2. The van der Waals surface area contributed by atoms with Crippen LogP contribution < -0.4 is 15.4 Å². The molecule has 1 fully saturated rings. The number of ether oxygens (including phenoxy) is 2. The van der Waals surface area contributed by atoms with E-state index in [4.69, 9.17) is 9.47 Å². The SMILES string of the molecule is CN=C(NCCCn1ccnc1)NCC(c1ccc(OC)cc1)N1CCOCC1.I. The molecule has 2 heterocycles. The molecular weight excluding hydrogens is 495 g/mol. The van der Waals surface area contributed by atoms with E-state index in [9.17, 15) is 0 Å². The molecule has 9 heteroatoms.